The molecule has 0 fully saturated rings. The second kappa shape index (κ2) is 4.17. The van der Waals surface area contributed by atoms with E-state index in [1.807, 2.05) is 30.3 Å². The number of carboxylic acids is 1. The Hall–Kier alpha value is -2.75. The zero-order valence-corrected chi connectivity index (χ0v) is 9.83. The van der Waals surface area contributed by atoms with E-state index in [0.29, 0.717) is 16.7 Å². The third kappa shape index (κ3) is 1.83. The maximum Gasteiger partial charge on any atom is 0.340 e. The molecule has 0 aliphatic heterocycles. The molecule has 19 heavy (non-hydrogen) atoms. The first-order chi connectivity index (χ1) is 9.16. The number of aromatic hydroxyl groups is 1. The van der Waals surface area contributed by atoms with Gasteiger partial charge in [-0.1, -0.05) is 30.3 Å². The van der Waals surface area contributed by atoms with Crippen molar-refractivity contribution in [3.05, 3.63) is 54.1 Å². The number of carboxylic acid groups (broad SMARTS) is 1. The SMILES string of the molecule is O=C(O)c1c(O)ccc2oc(-c3ccccc3)cc12. The monoisotopic (exact) mass is 254 g/mol. The number of rotatable bonds is 2. The second-order valence-corrected chi connectivity index (χ2v) is 4.15. The van der Waals surface area contributed by atoms with Crippen molar-refractivity contribution < 1.29 is 19.4 Å². The molecular formula is C15H10O4. The fourth-order valence-corrected chi connectivity index (χ4v) is 2.07. The maximum atomic E-state index is 11.2. The summed E-state index contributed by atoms with van der Waals surface area (Å²) in [5.41, 5.74) is 1.16. The number of carbonyl (C=O) groups is 1. The van der Waals surface area contributed by atoms with Gasteiger partial charge in [0.25, 0.3) is 0 Å². The van der Waals surface area contributed by atoms with Crippen LogP contribution in [-0.4, -0.2) is 16.2 Å². The predicted octanol–water partition coefficient (Wildman–Crippen LogP) is 3.50. The first-order valence-corrected chi connectivity index (χ1v) is 5.71. The van der Waals surface area contributed by atoms with Gasteiger partial charge >= 0.3 is 5.97 Å². The highest BCUT2D eigenvalue weighted by Crippen LogP contribution is 2.33. The Morgan fingerprint density at radius 2 is 1.79 bits per heavy atom. The molecule has 0 amide bonds. The van der Waals surface area contributed by atoms with Crippen molar-refractivity contribution in [1.82, 2.24) is 0 Å². The zero-order chi connectivity index (χ0) is 13.4. The summed E-state index contributed by atoms with van der Waals surface area (Å²) in [7, 11) is 0. The van der Waals surface area contributed by atoms with Gasteiger partial charge in [0.2, 0.25) is 0 Å². The number of aromatic carboxylic acids is 1. The van der Waals surface area contributed by atoms with E-state index in [2.05, 4.69) is 0 Å². The highest BCUT2D eigenvalue weighted by atomic mass is 16.4. The number of phenols is 1. The zero-order valence-electron chi connectivity index (χ0n) is 9.83. The van der Waals surface area contributed by atoms with Gasteiger partial charge in [0.15, 0.2) is 0 Å². The van der Waals surface area contributed by atoms with Gasteiger partial charge in [-0.3, -0.25) is 0 Å². The molecule has 0 unspecified atom stereocenters. The van der Waals surface area contributed by atoms with E-state index in [0.717, 1.165) is 5.56 Å². The van der Waals surface area contributed by atoms with Crippen LogP contribution >= 0.6 is 0 Å². The van der Waals surface area contributed by atoms with Gasteiger partial charge < -0.3 is 14.6 Å². The minimum atomic E-state index is -1.18. The number of furan rings is 1. The van der Waals surface area contributed by atoms with Crippen molar-refractivity contribution in [2.24, 2.45) is 0 Å². The second-order valence-electron chi connectivity index (χ2n) is 4.15. The normalized spacial score (nSPS) is 10.7. The average Bonchev–Trinajstić information content (AvgIpc) is 2.83. The minimum Gasteiger partial charge on any atom is -0.507 e. The van der Waals surface area contributed by atoms with E-state index in [1.54, 1.807) is 12.1 Å². The van der Waals surface area contributed by atoms with Gasteiger partial charge in [-0.2, -0.15) is 0 Å². The van der Waals surface area contributed by atoms with Crippen LogP contribution in [-0.2, 0) is 0 Å². The quantitative estimate of drug-likeness (QED) is 0.734. The summed E-state index contributed by atoms with van der Waals surface area (Å²) in [6, 6.07) is 13.9. The van der Waals surface area contributed by atoms with Crippen LogP contribution < -0.4 is 0 Å². The molecule has 0 saturated carbocycles. The molecule has 3 rings (SSSR count). The van der Waals surface area contributed by atoms with E-state index in [1.165, 1.54) is 6.07 Å². The number of benzene rings is 2. The molecule has 3 aromatic rings. The van der Waals surface area contributed by atoms with Crippen molar-refractivity contribution in [3.63, 3.8) is 0 Å². The third-order valence-corrected chi connectivity index (χ3v) is 2.95. The molecule has 0 aliphatic rings. The van der Waals surface area contributed by atoms with Crippen molar-refractivity contribution >= 4 is 16.9 Å². The molecule has 4 nitrogen and oxygen atoms in total. The van der Waals surface area contributed by atoms with E-state index < -0.39 is 5.97 Å². The van der Waals surface area contributed by atoms with Gasteiger partial charge in [0, 0.05) is 10.9 Å². The Kier molecular flexibility index (Phi) is 2.49. The van der Waals surface area contributed by atoms with Crippen LogP contribution in [0.5, 0.6) is 5.75 Å². The fourth-order valence-electron chi connectivity index (χ4n) is 2.07. The molecule has 0 spiro atoms. The van der Waals surface area contributed by atoms with Crippen LogP contribution in [0.15, 0.2) is 52.9 Å². The molecule has 2 aromatic carbocycles. The number of fused-ring (bicyclic) bond motifs is 1. The van der Waals surface area contributed by atoms with E-state index in [4.69, 9.17) is 9.52 Å². The van der Waals surface area contributed by atoms with Crippen LogP contribution in [0, 0.1) is 0 Å². The minimum absolute atomic E-state index is 0.136. The first kappa shape index (κ1) is 11.3. The molecule has 0 aliphatic carbocycles. The largest absolute Gasteiger partial charge is 0.507 e. The Morgan fingerprint density at radius 3 is 2.47 bits per heavy atom. The summed E-state index contributed by atoms with van der Waals surface area (Å²) in [5.74, 6) is -0.868. The van der Waals surface area contributed by atoms with E-state index >= 15 is 0 Å². The number of hydrogen-bond acceptors (Lipinski definition) is 3. The molecular weight excluding hydrogens is 244 g/mol. The van der Waals surface area contributed by atoms with Crippen LogP contribution in [0.2, 0.25) is 0 Å². The Balaban J connectivity index is 2.27. The Morgan fingerprint density at radius 1 is 1.05 bits per heavy atom. The Labute approximate surface area is 108 Å². The van der Waals surface area contributed by atoms with Crippen molar-refractivity contribution in [3.8, 4) is 17.1 Å². The van der Waals surface area contributed by atoms with Crippen molar-refractivity contribution in [1.29, 1.82) is 0 Å². The van der Waals surface area contributed by atoms with Crippen molar-refractivity contribution in [2.45, 2.75) is 0 Å². The van der Waals surface area contributed by atoms with Crippen LogP contribution in [0.1, 0.15) is 10.4 Å². The molecule has 0 saturated heterocycles. The van der Waals surface area contributed by atoms with Gasteiger partial charge in [-0.25, -0.2) is 4.79 Å². The fraction of sp³-hybridized carbons (Fsp3) is 0. The van der Waals surface area contributed by atoms with E-state index in [-0.39, 0.29) is 11.3 Å². The third-order valence-electron chi connectivity index (χ3n) is 2.95. The lowest BCUT2D eigenvalue weighted by molar-refractivity contribution is 0.0696. The highest BCUT2D eigenvalue weighted by Gasteiger charge is 2.17. The predicted molar refractivity (Wildman–Crippen MR) is 70.3 cm³/mol. The standard InChI is InChI=1S/C15H10O4/c16-11-6-7-12-10(14(11)15(17)18)8-13(19-12)9-4-2-1-3-5-9/h1-8,16H,(H,17,18). The lowest BCUT2D eigenvalue weighted by Gasteiger charge is -1.98. The lowest BCUT2D eigenvalue weighted by atomic mass is 10.1. The highest BCUT2D eigenvalue weighted by molar-refractivity contribution is 6.05. The molecule has 0 bridgehead atoms. The topological polar surface area (TPSA) is 70.7 Å². The lowest BCUT2D eigenvalue weighted by Crippen LogP contribution is -1.96. The van der Waals surface area contributed by atoms with Gasteiger partial charge in [-0.15, -0.1) is 0 Å². The summed E-state index contributed by atoms with van der Waals surface area (Å²) in [6.07, 6.45) is 0. The Bertz CT molecular complexity index is 756. The summed E-state index contributed by atoms with van der Waals surface area (Å²) >= 11 is 0. The molecule has 2 N–H and O–H groups in total. The molecule has 0 radical (unpaired) electrons. The summed E-state index contributed by atoms with van der Waals surface area (Å²) in [6.45, 7) is 0. The smallest absolute Gasteiger partial charge is 0.340 e. The van der Waals surface area contributed by atoms with Gasteiger partial charge in [-0.05, 0) is 18.2 Å². The molecule has 4 heteroatoms. The number of hydrogen-bond donors (Lipinski definition) is 2. The van der Waals surface area contributed by atoms with Crippen LogP contribution in [0.4, 0.5) is 0 Å². The molecule has 0 atom stereocenters. The van der Waals surface area contributed by atoms with Crippen molar-refractivity contribution in [2.75, 3.05) is 0 Å². The molecule has 1 heterocycles. The summed E-state index contributed by atoms with van der Waals surface area (Å²) in [5, 5.41) is 19.2. The molecule has 94 valence electrons. The maximum absolute atomic E-state index is 11.2. The van der Waals surface area contributed by atoms with Crippen LogP contribution in [0.3, 0.4) is 0 Å². The summed E-state index contributed by atoms with van der Waals surface area (Å²) in [4.78, 5) is 11.2. The van der Waals surface area contributed by atoms with Gasteiger partial charge in [0.1, 0.15) is 22.7 Å². The van der Waals surface area contributed by atoms with Crippen LogP contribution in [0.25, 0.3) is 22.3 Å². The molecule has 1 aromatic heterocycles. The summed E-state index contributed by atoms with van der Waals surface area (Å²) < 4.78 is 5.63. The first-order valence-electron chi connectivity index (χ1n) is 5.71. The van der Waals surface area contributed by atoms with E-state index in [9.17, 15) is 9.90 Å². The van der Waals surface area contributed by atoms with Gasteiger partial charge in [0.05, 0.1) is 0 Å². The average molecular weight is 254 g/mol.